The van der Waals surface area contributed by atoms with Crippen LogP contribution < -0.4 is 4.72 Å². The first-order valence-electron chi connectivity index (χ1n) is 4.27. The molecule has 6 nitrogen and oxygen atoms in total. The molecule has 0 aromatic carbocycles. The molecule has 1 heterocycles. The van der Waals surface area contributed by atoms with E-state index in [9.17, 15) is 8.42 Å². The lowest BCUT2D eigenvalue weighted by molar-refractivity contribution is 0.0391. The third-order valence-electron chi connectivity index (χ3n) is 1.80. The molecule has 2 N–H and O–H groups in total. The van der Waals surface area contributed by atoms with Crippen LogP contribution >= 0.6 is 11.0 Å². The second-order valence-corrected chi connectivity index (χ2v) is 5.93. The van der Waals surface area contributed by atoms with Crippen LogP contribution in [-0.2, 0) is 13.9 Å². The summed E-state index contributed by atoms with van der Waals surface area (Å²) in [7, 11) is -3.62. The van der Waals surface area contributed by atoms with Crippen LogP contribution in [0.25, 0.3) is 0 Å². The van der Waals surface area contributed by atoms with E-state index in [1.54, 1.807) is 0 Å². The van der Waals surface area contributed by atoms with Gasteiger partial charge in [0.2, 0.25) is 0 Å². The molecule has 84 valence electrons. The van der Waals surface area contributed by atoms with Gasteiger partial charge in [-0.05, 0) is 0 Å². The standard InChI is InChI=1S/C6H14N2O4S2/c9-14(10,11)13-7-1-2-8-3-5-12-6-4-8/h7H,1-6H2,(H,9,10,11). The van der Waals surface area contributed by atoms with Crippen molar-refractivity contribution in [2.45, 2.75) is 0 Å². The molecule has 8 heteroatoms. The third kappa shape index (κ3) is 5.78. The quantitative estimate of drug-likeness (QED) is 0.287. The van der Waals surface area contributed by atoms with Crippen LogP contribution in [0, 0.1) is 0 Å². The molecule has 0 aliphatic carbocycles. The van der Waals surface area contributed by atoms with E-state index in [4.69, 9.17) is 9.29 Å². The van der Waals surface area contributed by atoms with Crippen LogP contribution in [0.4, 0.5) is 0 Å². The predicted molar refractivity (Wildman–Crippen MR) is 54.4 cm³/mol. The number of nitrogens with one attached hydrogen (secondary N) is 1. The first-order valence-corrected chi connectivity index (χ1v) is 7.04. The van der Waals surface area contributed by atoms with E-state index in [-0.39, 0.29) is 0 Å². The molecule has 0 spiro atoms. The van der Waals surface area contributed by atoms with E-state index < -0.39 is 9.15 Å². The van der Waals surface area contributed by atoms with Crippen molar-refractivity contribution in [1.82, 2.24) is 9.62 Å². The molecule has 0 radical (unpaired) electrons. The maximum atomic E-state index is 10.3. The second-order valence-electron chi connectivity index (χ2n) is 2.86. The zero-order chi connectivity index (χ0) is 10.4. The Labute approximate surface area is 87.3 Å². The Balaban J connectivity index is 2.03. The fourth-order valence-corrected chi connectivity index (χ4v) is 2.16. The van der Waals surface area contributed by atoms with E-state index in [0.29, 0.717) is 17.5 Å². The fraction of sp³-hybridized carbons (Fsp3) is 1.00. The van der Waals surface area contributed by atoms with Crippen molar-refractivity contribution < 1.29 is 17.7 Å². The monoisotopic (exact) mass is 242 g/mol. The second kappa shape index (κ2) is 5.89. The van der Waals surface area contributed by atoms with Gasteiger partial charge in [-0.2, -0.15) is 8.42 Å². The summed E-state index contributed by atoms with van der Waals surface area (Å²) >= 11 is 0. The summed E-state index contributed by atoms with van der Waals surface area (Å²) < 4.78 is 36.7. The van der Waals surface area contributed by atoms with Crippen LogP contribution in [-0.4, -0.2) is 57.3 Å². The molecule has 0 bridgehead atoms. The lowest BCUT2D eigenvalue weighted by Gasteiger charge is -2.26. The van der Waals surface area contributed by atoms with Crippen molar-refractivity contribution in [3.63, 3.8) is 0 Å². The number of morpholine rings is 1. The molecule has 0 atom stereocenters. The number of nitrogens with zero attached hydrogens (tertiary/aromatic N) is 1. The summed E-state index contributed by atoms with van der Waals surface area (Å²) in [5.74, 6) is 0. The van der Waals surface area contributed by atoms with E-state index in [0.717, 1.165) is 32.8 Å². The van der Waals surface area contributed by atoms with Crippen molar-refractivity contribution in [2.24, 2.45) is 0 Å². The maximum Gasteiger partial charge on any atom is 0.334 e. The van der Waals surface area contributed by atoms with Crippen LogP contribution in [0.1, 0.15) is 0 Å². The van der Waals surface area contributed by atoms with Crippen LogP contribution in [0.15, 0.2) is 0 Å². The Hall–Kier alpha value is 0.140. The average Bonchev–Trinajstić information content (AvgIpc) is 2.13. The van der Waals surface area contributed by atoms with Gasteiger partial charge in [-0.3, -0.25) is 9.45 Å². The normalized spacial score (nSPS) is 19.8. The molecule has 1 aliphatic rings. The smallest absolute Gasteiger partial charge is 0.334 e. The molecule has 1 rings (SSSR count). The summed E-state index contributed by atoms with van der Waals surface area (Å²) in [4.78, 5) is 2.17. The molecule has 0 saturated carbocycles. The highest BCUT2D eigenvalue weighted by Gasteiger charge is 2.10. The van der Waals surface area contributed by atoms with E-state index in [1.807, 2.05) is 0 Å². The Morgan fingerprint density at radius 2 is 2.07 bits per heavy atom. The van der Waals surface area contributed by atoms with Gasteiger partial charge < -0.3 is 4.74 Å². The summed E-state index contributed by atoms with van der Waals surface area (Å²) in [6.45, 7) is 4.48. The summed E-state index contributed by atoms with van der Waals surface area (Å²) in [5.41, 5.74) is 0. The van der Waals surface area contributed by atoms with Gasteiger partial charge in [0.1, 0.15) is 0 Å². The Kier molecular flexibility index (Phi) is 5.13. The zero-order valence-corrected chi connectivity index (χ0v) is 9.31. The number of hydrogen-bond donors (Lipinski definition) is 2. The van der Waals surface area contributed by atoms with Crippen molar-refractivity contribution in [3.05, 3.63) is 0 Å². The fourth-order valence-electron chi connectivity index (χ4n) is 1.14. The molecule has 0 unspecified atom stereocenters. The van der Waals surface area contributed by atoms with Gasteiger partial charge in [0, 0.05) is 26.2 Å². The lowest BCUT2D eigenvalue weighted by Crippen LogP contribution is -2.39. The van der Waals surface area contributed by atoms with Crippen LogP contribution in [0.3, 0.4) is 0 Å². The van der Waals surface area contributed by atoms with Gasteiger partial charge in [0.05, 0.1) is 24.2 Å². The molecule has 1 saturated heterocycles. The minimum Gasteiger partial charge on any atom is -0.379 e. The molecule has 0 amide bonds. The molecule has 14 heavy (non-hydrogen) atoms. The van der Waals surface area contributed by atoms with E-state index >= 15 is 0 Å². The highest BCUT2D eigenvalue weighted by molar-refractivity contribution is 8.69. The third-order valence-corrected chi connectivity index (χ3v) is 3.32. The predicted octanol–water partition coefficient (Wildman–Crippen LogP) is -0.641. The van der Waals surface area contributed by atoms with Gasteiger partial charge in [0.25, 0.3) is 0 Å². The van der Waals surface area contributed by atoms with Gasteiger partial charge in [0.15, 0.2) is 0 Å². The van der Waals surface area contributed by atoms with Gasteiger partial charge in [-0.1, -0.05) is 0 Å². The molecule has 1 fully saturated rings. The highest BCUT2D eigenvalue weighted by Crippen LogP contribution is 2.02. The van der Waals surface area contributed by atoms with Crippen molar-refractivity contribution in [3.8, 4) is 0 Å². The summed E-state index contributed by atoms with van der Waals surface area (Å²) in [6.07, 6.45) is 0. The number of rotatable bonds is 5. The van der Waals surface area contributed by atoms with Crippen LogP contribution in [0.2, 0.25) is 0 Å². The Morgan fingerprint density at radius 3 is 2.64 bits per heavy atom. The SMILES string of the molecule is O=S(=O)(O)SNCCN1CCOCC1. The Bertz CT molecular complexity index is 251. The largest absolute Gasteiger partial charge is 0.379 e. The highest BCUT2D eigenvalue weighted by atomic mass is 33.2. The van der Waals surface area contributed by atoms with Gasteiger partial charge in [-0.15, -0.1) is 0 Å². The average molecular weight is 242 g/mol. The van der Waals surface area contributed by atoms with Gasteiger partial charge in [-0.25, -0.2) is 4.72 Å². The maximum absolute atomic E-state index is 10.3. The van der Waals surface area contributed by atoms with Crippen molar-refractivity contribution in [1.29, 1.82) is 0 Å². The number of hydrogen-bond acceptors (Lipinski definition) is 6. The summed E-state index contributed by atoms with van der Waals surface area (Å²) in [5, 5.41) is 0. The molecule has 0 aromatic rings. The van der Waals surface area contributed by atoms with Crippen molar-refractivity contribution in [2.75, 3.05) is 39.4 Å². The van der Waals surface area contributed by atoms with E-state index in [2.05, 4.69) is 9.62 Å². The number of ether oxygens (including phenoxy) is 1. The molecular weight excluding hydrogens is 228 g/mol. The molecule has 1 aliphatic heterocycles. The minimum absolute atomic E-state index is 0.342. The topological polar surface area (TPSA) is 78.9 Å². The van der Waals surface area contributed by atoms with Crippen LogP contribution in [0.5, 0.6) is 0 Å². The summed E-state index contributed by atoms with van der Waals surface area (Å²) in [6, 6.07) is 0. The Morgan fingerprint density at radius 1 is 1.43 bits per heavy atom. The van der Waals surface area contributed by atoms with E-state index in [1.165, 1.54) is 0 Å². The zero-order valence-electron chi connectivity index (χ0n) is 7.68. The molecular formula is C6H14N2O4S2. The van der Waals surface area contributed by atoms with Crippen molar-refractivity contribution >= 4 is 20.1 Å². The van der Waals surface area contributed by atoms with Gasteiger partial charge >= 0.3 is 9.15 Å². The lowest BCUT2D eigenvalue weighted by atomic mass is 10.4. The minimum atomic E-state index is -3.96. The first-order chi connectivity index (χ1) is 6.58. The first kappa shape index (κ1) is 12.2. The molecule has 0 aromatic heterocycles.